The molecular weight excluding hydrogens is 256 g/mol. The van der Waals surface area contributed by atoms with Crippen LogP contribution >= 0.6 is 15.9 Å². The maximum Gasteiger partial charge on any atom is 0.227 e. The first kappa shape index (κ1) is 9.92. The molecule has 0 aliphatic heterocycles. The van der Waals surface area contributed by atoms with Gasteiger partial charge in [0.2, 0.25) is 5.95 Å². The summed E-state index contributed by atoms with van der Waals surface area (Å²) in [6, 6.07) is 7.77. The van der Waals surface area contributed by atoms with E-state index < -0.39 is 0 Å². The maximum atomic E-state index is 5.48. The van der Waals surface area contributed by atoms with Crippen molar-refractivity contribution < 1.29 is 0 Å². The Morgan fingerprint density at radius 2 is 1.93 bits per heavy atom. The van der Waals surface area contributed by atoms with E-state index in [1.54, 1.807) is 12.4 Å². The van der Waals surface area contributed by atoms with Crippen LogP contribution in [0.4, 0.5) is 17.3 Å². The molecule has 0 saturated heterocycles. The van der Waals surface area contributed by atoms with Crippen molar-refractivity contribution in [3.8, 4) is 0 Å². The lowest BCUT2D eigenvalue weighted by molar-refractivity contribution is 1.17. The molecule has 2 aromatic rings. The summed E-state index contributed by atoms with van der Waals surface area (Å²) in [5, 5.41) is 3.06. The third-order valence-electron chi connectivity index (χ3n) is 1.75. The van der Waals surface area contributed by atoms with Gasteiger partial charge in [0.05, 0.1) is 18.1 Å². The van der Waals surface area contributed by atoms with Crippen LogP contribution in [-0.4, -0.2) is 9.97 Å². The van der Waals surface area contributed by atoms with Crippen LogP contribution in [0.1, 0.15) is 0 Å². The summed E-state index contributed by atoms with van der Waals surface area (Å²) < 4.78 is 1.00. The van der Waals surface area contributed by atoms with Gasteiger partial charge in [-0.05, 0) is 18.2 Å². The van der Waals surface area contributed by atoms with Crippen molar-refractivity contribution in [1.29, 1.82) is 0 Å². The monoisotopic (exact) mass is 264 g/mol. The second kappa shape index (κ2) is 4.27. The normalized spacial score (nSPS) is 9.93. The molecular formula is C10H9BrN4. The first-order chi connectivity index (χ1) is 7.24. The first-order valence-corrected chi connectivity index (χ1v) is 5.13. The summed E-state index contributed by atoms with van der Waals surface area (Å²) in [5.74, 6) is 0.530. The second-order valence-electron chi connectivity index (χ2n) is 2.98. The first-order valence-electron chi connectivity index (χ1n) is 4.34. The van der Waals surface area contributed by atoms with Crippen LogP contribution in [0.5, 0.6) is 0 Å². The smallest absolute Gasteiger partial charge is 0.227 e. The molecule has 1 aromatic carbocycles. The van der Waals surface area contributed by atoms with Gasteiger partial charge >= 0.3 is 0 Å². The number of nitrogen functional groups attached to an aromatic ring is 1. The average Bonchev–Trinajstić information content (AvgIpc) is 2.22. The standard InChI is InChI=1S/C10H9BrN4/c11-7-2-1-3-9(4-7)15-10-13-5-8(12)6-14-10/h1-6H,12H2,(H,13,14,15). The summed E-state index contributed by atoms with van der Waals surface area (Å²) in [7, 11) is 0. The fourth-order valence-electron chi connectivity index (χ4n) is 1.10. The van der Waals surface area contributed by atoms with Crippen molar-refractivity contribution in [2.24, 2.45) is 0 Å². The molecule has 1 aromatic heterocycles. The molecule has 76 valence electrons. The molecule has 0 fully saturated rings. The molecule has 0 aliphatic carbocycles. The molecule has 0 atom stereocenters. The average molecular weight is 265 g/mol. The van der Waals surface area contributed by atoms with Crippen LogP contribution in [0.3, 0.4) is 0 Å². The molecule has 0 saturated carbocycles. The summed E-state index contributed by atoms with van der Waals surface area (Å²) in [6.07, 6.45) is 3.13. The predicted molar refractivity (Wildman–Crippen MR) is 63.9 cm³/mol. The van der Waals surface area contributed by atoms with E-state index in [-0.39, 0.29) is 0 Å². The molecule has 0 bridgehead atoms. The van der Waals surface area contributed by atoms with Gasteiger partial charge in [0, 0.05) is 10.2 Å². The molecule has 4 nitrogen and oxygen atoms in total. The van der Waals surface area contributed by atoms with E-state index in [1.165, 1.54) is 0 Å². The SMILES string of the molecule is Nc1cnc(Nc2cccc(Br)c2)nc1. The zero-order valence-corrected chi connectivity index (χ0v) is 9.40. The minimum Gasteiger partial charge on any atom is -0.396 e. The number of nitrogens with two attached hydrogens (primary N) is 1. The summed E-state index contributed by atoms with van der Waals surface area (Å²) in [4.78, 5) is 8.08. The van der Waals surface area contributed by atoms with Crippen LogP contribution in [0, 0.1) is 0 Å². The Balaban J connectivity index is 2.18. The van der Waals surface area contributed by atoms with Crippen LogP contribution in [0.15, 0.2) is 41.1 Å². The number of aromatic nitrogens is 2. The molecule has 3 N–H and O–H groups in total. The summed E-state index contributed by atoms with van der Waals surface area (Å²) in [5.41, 5.74) is 6.96. The van der Waals surface area contributed by atoms with E-state index in [4.69, 9.17) is 5.73 Å². The Kier molecular flexibility index (Phi) is 2.82. The Morgan fingerprint density at radius 1 is 1.20 bits per heavy atom. The zero-order valence-electron chi connectivity index (χ0n) is 7.81. The largest absolute Gasteiger partial charge is 0.396 e. The van der Waals surface area contributed by atoms with E-state index in [0.717, 1.165) is 10.2 Å². The van der Waals surface area contributed by atoms with Gasteiger partial charge < -0.3 is 11.1 Å². The minimum atomic E-state index is 0.530. The Bertz CT molecular complexity index is 455. The highest BCUT2D eigenvalue weighted by Crippen LogP contribution is 2.18. The van der Waals surface area contributed by atoms with E-state index >= 15 is 0 Å². The summed E-state index contributed by atoms with van der Waals surface area (Å²) >= 11 is 3.39. The van der Waals surface area contributed by atoms with Crippen molar-refractivity contribution in [1.82, 2.24) is 9.97 Å². The quantitative estimate of drug-likeness (QED) is 0.875. The van der Waals surface area contributed by atoms with E-state index in [2.05, 4.69) is 31.2 Å². The Morgan fingerprint density at radius 3 is 2.60 bits per heavy atom. The number of nitrogens with zero attached hydrogens (tertiary/aromatic N) is 2. The van der Waals surface area contributed by atoms with E-state index in [0.29, 0.717) is 11.6 Å². The van der Waals surface area contributed by atoms with Gasteiger partial charge in [0.25, 0.3) is 0 Å². The van der Waals surface area contributed by atoms with Gasteiger partial charge in [-0.3, -0.25) is 0 Å². The molecule has 0 spiro atoms. The van der Waals surface area contributed by atoms with Crippen LogP contribution < -0.4 is 11.1 Å². The fourth-order valence-corrected chi connectivity index (χ4v) is 1.50. The molecule has 0 unspecified atom stereocenters. The number of anilines is 3. The van der Waals surface area contributed by atoms with Gasteiger partial charge in [0.1, 0.15) is 0 Å². The van der Waals surface area contributed by atoms with Crippen molar-refractivity contribution in [3.63, 3.8) is 0 Å². The number of nitrogens with one attached hydrogen (secondary N) is 1. The van der Waals surface area contributed by atoms with Gasteiger partial charge in [-0.25, -0.2) is 9.97 Å². The lowest BCUT2D eigenvalue weighted by Crippen LogP contribution is -1.97. The number of benzene rings is 1. The number of hydrogen-bond donors (Lipinski definition) is 2. The molecule has 0 aliphatic rings. The second-order valence-corrected chi connectivity index (χ2v) is 3.89. The zero-order chi connectivity index (χ0) is 10.7. The van der Waals surface area contributed by atoms with E-state index in [9.17, 15) is 0 Å². The number of rotatable bonds is 2. The molecule has 1 heterocycles. The van der Waals surface area contributed by atoms with Crippen LogP contribution in [-0.2, 0) is 0 Å². The van der Waals surface area contributed by atoms with Gasteiger partial charge in [-0.15, -0.1) is 0 Å². The van der Waals surface area contributed by atoms with Crippen molar-refractivity contribution >= 4 is 33.3 Å². The third-order valence-corrected chi connectivity index (χ3v) is 2.25. The highest BCUT2D eigenvalue weighted by molar-refractivity contribution is 9.10. The number of hydrogen-bond acceptors (Lipinski definition) is 4. The topological polar surface area (TPSA) is 63.8 Å². The van der Waals surface area contributed by atoms with Gasteiger partial charge in [-0.2, -0.15) is 0 Å². The Labute approximate surface area is 95.7 Å². The lowest BCUT2D eigenvalue weighted by Gasteiger charge is -2.04. The number of halogens is 1. The molecule has 15 heavy (non-hydrogen) atoms. The van der Waals surface area contributed by atoms with Crippen molar-refractivity contribution in [2.75, 3.05) is 11.1 Å². The highest BCUT2D eigenvalue weighted by atomic mass is 79.9. The predicted octanol–water partition coefficient (Wildman–Crippen LogP) is 2.56. The lowest BCUT2D eigenvalue weighted by atomic mass is 10.3. The maximum absolute atomic E-state index is 5.48. The molecule has 0 amide bonds. The molecule has 2 rings (SSSR count). The molecule has 5 heteroatoms. The van der Waals surface area contributed by atoms with Crippen LogP contribution in [0.2, 0.25) is 0 Å². The third kappa shape index (κ3) is 2.66. The van der Waals surface area contributed by atoms with Gasteiger partial charge in [-0.1, -0.05) is 22.0 Å². The molecule has 0 radical (unpaired) electrons. The fraction of sp³-hybridized carbons (Fsp3) is 0. The summed E-state index contributed by atoms with van der Waals surface area (Å²) in [6.45, 7) is 0. The van der Waals surface area contributed by atoms with E-state index in [1.807, 2.05) is 24.3 Å². The van der Waals surface area contributed by atoms with Gasteiger partial charge in [0.15, 0.2) is 0 Å². The highest BCUT2D eigenvalue weighted by Gasteiger charge is 1.97. The Hall–Kier alpha value is -1.62. The van der Waals surface area contributed by atoms with Crippen molar-refractivity contribution in [2.45, 2.75) is 0 Å². The minimum absolute atomic E-state index is 0.530. The van der Waals surface area contributed by atoms with Crippen molar-refractivity contribution in [3.05, 3.63) is 41.1 Å². The van der Waals surface area contributed by atoms with Crippen LogP contribution in [0.25, 0.3) is 0 Å².